The van der Waals surface area contributed by atoms with Crippen molar-refractivity contribution in [1.82, 2.24) is 0 Å². The summed E-state index contributed by atoms with van der Waals surface area (Å²) in [6, 6.07) is 40.4. The topological polar surface area (TPSA) is 6.48 Å². The zero-order valence-electron chi connectivity index (χ0n) is 49.9. The molecule has 0 saturated heterocycles. The van der Waals surface area contributed by atoms with Crippen LogP contribution in [0.15, 0.2) is 97.1 Å². The number of thiophene rings is 1. The Morgan fingerprint density at radius 2 is 0.987 bits per heavy atom. The van der Waals surface area contributed by atoms with Crippen molar-refractivity contribution in [3.63, 3.8) is 0 Å². The molecule has 75 heavy (non-hydrogen) atoms. The molecule has 2 aliphatic carbocycles. The van der Waals surface area contributed by atoms with Crippen molar-refractivity contribution in [3.8, 4) is 11.1 Å². The molecular formula is C71H87BN2S. The largest absolute Gasteiger partial charge is 0.311 e. The highest BCUT2D eigenvalue weighted by molar-refractivity contribution is 7.33. The van der Waals surface area contributed by atoms with E-state index in [0.29, 0.717) is 0 Å². The van der Waals surface area contributed by atoms with Gasteiger partial charge in [-0.3, -0.25) is 0 Å². The first kappa shape index (κ1) is 52.0. The predicted octanol–water partition coefficient (Wildman–Crippen LogP) is 18.8. The third kappa shape index (κ3) is 8.30. The molecule has 390 valence electrons. The Bertz CT molecular complexity index is 3510. The minimum Gasteiger partial charge on any atom is -0.311 e. The van der Waals surface area contributed by atoms with Crippen LogP contribution in [0.2, 0.25) is 0 Å². The summed E-state index contributed by atoms with van der Waals surface area (Å²) in [5.74, 6) is 0. The summed E-state index contributed by atoms with van der Waals surface area (Å²) in [7, 11) is 0. The van der Waals surface area contributed by atoms with Gasteiger partial charge in [0.25, 0.3) is 6.71 Å². The Kier molecular flexibility index (Phi) is 11.4. The Hall–Kier alpha value is -5.06. The SMILES string of the molecule is Cc1cc2c3c(c1)N(c1ccc(C(C)(C)C)cc1-c1ccc(C(C)(C)C)c(C(C)(C)C)c1)c1c(sc4ccc(C(C)(C)C)cc14)B3c1cc3c(cc1N2c1ccc2c(c1)C(C)(C)CCC2(C)C)C(C)(C)CCC3(C)C. The first-order valence-corrected chi connectivity index (χ1v) is 29.4. The van der Waals surface area contributed by atoms with Gasteiger partial charge >= 0.3 is 0 Å². The monoisotopic (exact) mass is 1010 g/mol. The third-order valence-corrected chi connectivity index (χ3v) is 20.0. The van der Waals surface area contributed by atoms with Crippen molar-refractivity contribution in [2.24, 2.45) is 0 Å². The fourth-order valence-corrected chi connectivity index (χ4v) is 15.1. The molecule has 1 aromatic heterocycles. The predicted molar refractivity (Wildman–Crippen MR) is 331 cm³/mol. The standard InChI is InChI=1S/C71H87BN2S/c1-42-34-58-61-59(35-42)74(56-28-23-44(64(2,3)4)37-47(56)43-22-26-49(66(8,9)10)51(36-43)67(11,12)13)62-48-38-45(65(5,6)7)24-29-60(48)75-63(62)72(61)55-40-53-54(71(20,21)33-32-70(53,18)19)41-57(55)73(58)46-25-27-50-52(39-46)69(16,17)31-30-68(50,14)15/h22-29,34-41H,30-33H2,1-21H3. The Morgan fingerprint density at radius 3 is 1.57 bits per heavy atom. The van der Waals surface area contributed by atoms with E-state index in [4.69, 9.17) is 0 Å². The molecule has 0 saturated carbocycles. The van der Waals surface area contributed by atoms with E-state index in [9.17, 15) is 0 Å². The summed E-state index contributed by atoms with van der Waals surface area (Å²) < 4.78 is 2.80. The molecule has 6 aromatic carbocycles. The van der Waals surface area contributed by atoms with Gasteiger partial charge in [-0.05, 0) is 197 Å². The lowest BCUT2D eigenvalue weighted by molar-refractivity contribution is 0.332. The maximum atomic E-state index is 2.76. The van der Waals surface area contributed by atoms with Gasteiger partial charge in [0, 0.05) is 43.2 Å². The normalized spacial score (nSPS) is 18.3. The second-order valence-corrected chi connectivity index (χ2v) is 31.6. The van der Waals surface area contributed by atoms with Crippen molar-refractivity contribution in [2.45, 2.75) is 214 Å². The molecule has 2 aliphatic heterocycles. The van der Waals surface area contributed by atoms with Crippen LogP contribution in [0, 0.1) is 6.92 Å². The molecule has 0 fully saturated rings. The van der Waals surface area contributed by atoms with Crippen LogP contribution < -0.4 is 25.5 Å². The van der Waals surface area contributed by atoms with E-state index >= 15 is 0 Å². The number of aryl methyl sites for hydroxylation is 1. The molecule has 0 N–H and O–H groups in total. The molecule has 0 spiro atoms. The van der Waals surface area contributed by atoms with Crippen LogP contribution in [-0.4, -0.2) is 6.71 Å². The number of fused-ring (bicyclic) bond motifs is 8. The number of anilines is 6. The Balaban J connectivity index is 1.29. The first-order valence-electron chi connectivity index (χ1n) is 28.5. The second-order valence-electron chi connectivity index (χ2n) is 30.6. The van der Waals surface area contributed by atoms with E-state index in [1.807, 2.05) is 11.3 Å². The zero-order valence-corrected chi connectivity index (χ0v) is 50.8. The molecule has 4 heteroatoms. The van der Waals surface area contributed by atoms with Gasteiger partial charge < -0.3 is 9.80 Å². The van der Waals surface area contributed by atoms with Crippen molar-refractivity contribution in [3.05, 3.63) is 147 Å². The molecule has 0 amide bonds. The summed E-state index contributed by atoms with van der Waals surface area (Å²) in [4.78, 5) is 5.48. The molecule has 2 nitrogen and oxygen atoms in total. The number of hydrogen-bond acceptors (Lipinski definition) is 3. The van der Waals surface area contributed by atoms with Crippen molar-refractivity contribution >= 4 is 78.0 Å². The highest BCUT2D eigenvalue weighted by atomic mass is 32.1. The van der Waals surface area contributed by atoms with Gasteiger partial charge in [0.15, 0.2) is 0 Å². The number of benzene rings is 6. The first-order chi connectivity index (χ1) is 34.6. The maximum Gasteiger partial charge on any atom is 0.264 e. The van der Waals surface area contributed by atoms with Gasteiger partial charge in [-0.2, -0.15) is 0 Å². The number of rotatable bonds is 3. The average Bonchev–Trinajstić information content (AvgIpc) is 3.78. The maximum absolute atomic E-state index is 2.76. The average molecular weight is 1010 g/mol. The van der Waals surface area contributed by atoms with Crippen LogP contribution in [0.3, 0.4) is 0 Å². The molecule has 4 aliphatic rings. The molecule has 11 rings (SSSR count). The van der Waals surface area contributed by atoms with E-state index in [1.165, 1.54) is 147 Å². The molecule has 0 bridgehead atoms. The second kappa shape index (κ2) is 16.5. The Labute approximate surface area is 457 Å². The van der Waals surface area contributed by atoms with Gasteiger partial charge in [0.2, 0.25) is 0 Å². The molecule has 0 atom stereocenters. The van der Waals surface area contributed by atoms with Gasteiger partial charge in [-0.25, -0.2) is 0 Å². The number of nitrogens with zero attached hydrogens (tertiary/aromatic N) is 2. The summed E-state index contributed by atoms with van der Waals surface area (Å²) in [6.07, 6.45) is 4.73. The summed E-state index contributed by atoms with van der Waals surface area (Å²) >= 11 is 2.04. The molecule has 0 radical (unpaired) electrons. The van der Waals surface area contributed by atoms with Crippen LogP contribution in [0.5, 0.6) is 0 Å². The van der Waals surface area contributed by atoms with Gasteiger partial charge in [0.1, 0.15) is 0 Å². The minimum atomic E-state index is -0.0484. The molecule has 3 heterocycles. The van der Waals surface area contributed by atoms with E-state index in [-0.39, 0.29) is 50.0 Å². The summed E-state index contributed by atoms with van der Waals surface area (Å²) in [5, 5.41) is 1.35. The van der Waals surface area contributed by atoms with Gasteiger partial charge in [-0.1, -0.05) is 181 Å². The quantitative estimate of drug-likeness (QED) is 0.163. The highest BCUT2D eigenvalue weighted by Crippen LogP contribution is 2.55. The third-order valence-electron chi connectivity index (χ3n) is 18.8. The minimum absolute atomic E-state index is 0.00534. The molecule has 7 aromatic rings. The van der Waals surface area contributed by atoms with Crippen LogP contribution in [-0.2, 0) is 43.3 Å². The van der Waals surface area contributed by atoms with Crippen molar-refractivity contribution in [2.75, 3.05) is 9.80 Å². The smallest absolute Gasteiger partial charge is 0.264 e. The fraction of sp³-hybridized carbons (Fsp3) is 0.465. The van der Waals surface area contributed by atoms with E-state index in [0.717, 1.165) is 0 Å². The van der Waals surface area contributed by atoms with Gasteiger partial charge in [0.05, 0.1) is 11.4 Å². The van der Waals surface area contributed by atoms with Crippen LogP contribution >= 0.6 is 11.3 Å². The van der Waals surface area contributed by atoms with E-state index in [1.54, 1.807) is 0 Å². The molecule has 0 unspecified atom stereocenters. The lowest BCUT2D eigenvalue weighted by Gasteiger charge is -2.47. The van der Waals surface area contributed by atoms with Crippen LogP contribution in [0.1, 0.15) is 214 Å². The summed E-state index contributed by atoms with van der Waals surface area (Å²) in [5.41, 5.74) is 26.3. The summed E-state index contributed by atoms with van der Waals surface area (Å²) in [6.45, 7) is 50.8. The van der Waals surface area contributed by atoms with Crippen molar-refractivity contribution < 1.29 is 0 Å². The van der Waals surface area contributed by atoms with E-state index < -0.39 is 0 Å². The lowest BCUT2D eigenvalue weighted by Crippen LogP contribution is -2.61. The zero-order chi connectivity index (χ0) is 54.3. The fourth-order valence-electron chi connectivity index (χ4n) is 13.8. The highest BCUT2D eigenvalue weighted by Gasteiger charge is 2.49. The van der Waals surface area contributed by atoms with Gasteiger partial charge in [-0.15, -0.1) is 11.3 Å². The van der Waals surface area contributed by atoms with Crippen LogP contribution in [0.4, 0.5) is 34.1 Å². The van der Waals surface area contributed by atoms with Crippen LogP contribution in [0.25, 0.3) is 21.2 Å². The molecular weight excluding hydrogens is 924 g/mol. The Morgan fingerprint density at radius 1 is 0.453 bits per heavy atom. The number of hydrogen-bond donors (Lipinski definition) is 0. The lowest BCUT2D eigenvalue weighted by atomic mass is 9.35. The van der Waals surface area contributed by atoms with E-state index in [2.05, 4.69) is 252 Å². The van der Waals surface area contributed by atoms with Crippen molar-refractivity contribution in [1.29, 1.82) is 0 Å².